The topological polar surface area (TPSA) is 64.7 Å². The lowest BCUT2D eigenvalue weighted by molar-refractivity contribution is 0.829. The Labute approximate surface area is 113 Å². The molecule has 2 aromatic heterocycles. The van der Waals surface area contributed by atoms with Crippen molar-refractivity contribution in [3.05, 3.63) is 10.7 Å². The zero-order valence-corrected chi connectivity index (χ0v) is 12.4. The molecule has 17 heavy (non-hydrogen) atoms. The number of anilines is 1. The molecule has 0 aliphatic heterocycles. The third-order valence-corrected chi connectivity index (χ3v) is 4.87. The minimum atomic E-state index is 0.391. The van der Waals surface area contributed by atoms with Crippen LogP contribution in [0.25, 0.3) is 9.88 Å². The summed E-state index contributed by atoms with van der Waals surface area (Å²) in [5.41, 5.74) is 6.74. The maximum atomic E-state index is 5.63. The van der Waals surface area contributed by atoms with E-state index in [2.05, 4.69) is 35.3 Å². The van der Waals surface area contributed by atoms with Gasteiger partial charge in [0, 0.05) is 5.75 Å². The van der Waals surface area contributed by atoms with Gasteiger partial charge in [0.25, 0.3) is 0 Å². The summed E-state index contributed by atoms with van der Waals surface area (Å²) in [5, 5.41) is 10.5. The number of nitrogens with two attached hydrogens (primary N) is 1. The SMILES string of the molecule is CSCc1nc(C(C)C)c(-c2nnc(N)s2)s1. The number of rotatable bonds is 4. The van der Waals surface area contributed by atoms with E-state index in [1.807, 2.05) is 0 Å². The van der Waals surface area contributed by atoms with Crippen LogP contribution < -0.4 is 5.73 Å². The van der Waals surface area contributed by atoms with Crippen molar-refractivity contribution in [1.82, 2.24) is 15.2 Å². The molecule has 0 fully saturated rings. The van der Waals surface area contributed by atoms with Crippen LogP contribution in [0.5, 0.6) is 0 Å². The molecule has 92 valence electrons. The molecule has 0 atom stereocenters. The van der Waals surface area contributed by atoms with Crippen LogP contribution in [-0.2, 0) is 5.75 Å². The zero-order valence-electron chi connectivity index (χ0n) is 9.93. The van der Waals surface area contributed by atoms with Crippen LogP contribution in [0.15, 0.2) is 0 Å². The highest BCUT2D eigenvalue weighted by Crippen LogP contribution is 2.37. The number of aromatic nitrogens is 3. The minimum absolute atomic E-state index is 0.391. The summed E-state index contributed by atoms with van der Waals surface area (Å²) < 4.78 is 0. The minimum Gasteiger partial charge on any atom is -0.374 e. The molecule has 2 N–H and O–H groups in total. The van der Waals surface area contributed by atoms with Gasteiger partial charge in [0.05, 0.1) is 10.6 Å². The van der Waals surface area contributed by atoms with E-state index in [1.165, 1.54) is 11.3 Å². The van der Waals surface area contributed by atoms with Gasteiger partial charge in [0.1, 0.15) is 5.01 Å². The van der Waals surface area contributed by atoms with Crippen LogP contribution in [0.3, 0.4) is 0 Å². The lowest BCUT2D eigenvalue weighted by atomic mass is 10.1. The first-order valence-corrected chi connectivity index (χ1v) is 8.22. The number of nitrogens with zero attached hydrogens (tertiary/aromatic N) is 3. The normalized spacial score (nSPS) is 11.3. The molecule has 0 aliphatic rings. The van der Waals surface area contributed by atoms with Crippen molar-refractivity contribution < 1.29 is 0 Å². The van der Waals surface area contributed by atoms with Gasteiger partial charge in [0.2, 0.25) is 5.13 Å². The van der Waals surface area contributed by atoms with E-state index in [4.69, 9.17) is 5.73 Å². The summed E-state index contributed by atoms with van der Waals surface area (Å²) in [6, 6.07) is 0. The number of hydrogen-bond donors (Lipinski definition) is 1. The fourth-order valence-electron chi connectivity index (χ4n) is 1.43. The third kappa shape index (κ3) is 2.78. The van der Waals surface area contributed by atoms with Gasteiger partial charge < -0.3 is 5.73 Å². The van der Waals surface area contributed by atoms with Gasteiger partial charge in [-0.25, -0.2) is 4.98 Å². The number of nitrogen functional groups attached to an aromatic ring is 1. The van der Waals surface area contributed by atoms with Crippen LogP contribution in [0.4, 0.5) is 5.13 Å². The molecule has 2 rings (SSSR count). The molecule has 4 nitrogen and oxygen atoms in total. The van der Waals surface area contributed by atoms with E-state index in [0.717, 1.165) is 26.3 Å². The van der Waals surface area contributed by atoms with Crippen molar-refractivity contribution in [3.63, 3.8) is 0 Å². The highest BCUT2D eigenvalue weighted by atomic mass is 32.2. The standard InChI is InChI=1S/C10H14N4S3/c1-5(2)7-8(9-13-14-10(11)17-9)16-6(12-7)4-15-3/h5H,4H2,1-3H3,(H2,11,14). The molecular formula is C10H14N4S3. The zero-order chi connectivity index (χ0) is 12.4. The average Bonchev–Trinajstić information content (AvgIpc) is 2.84. The molecule has 0 amide bonds. The molecule has 0 aliphatic carbocycles. The van der Waals surface area contributed by atoms with Crippen LogP contribution in [0, 0.1) is 0 Å². The Morgan fingerprint density at radius 2 is 2.06 bits per heavy atom. The van der Waals surface area contributed by atoms with Gasteiger partial charge >= 0.3 is 0 Å². The Morgan fingerprint density at radius 3 is 2.59 bits per heavy atom. The molecule has 0 aromatic carbocycles. The lowest BCUT2D eigenvalue weighted by Crippen LogP contribution is -1.91. The van der Waals surface area contributed by atoms with E-state index < -0.39 is 0 Å². The highest BCUT2D eigenvalue weighted by molar-refractivity contribution is 7.97. The molecular weight excluding hydrogens is 272 g/mol. The summed E-state index contributed by atoms with van der Waals surface area (Å²) in [4.78, 5) is 5.80. The Bertz CT molecular complexity index is 503. The highest BCUT2D eigenvalue weighted by Gasteiger charge is 2.18. The average molecular weight is 286 g/mol. The lowest BCUT2D eigenvalue weighted by Gasteiger charge is -2.01. The van der Waals surface area contributed by atoms with Gasteiger partial charge in [0.15, 0.2) is 5.01 Å². The molecule has 0 radical (unpaired) electrons. The van der Waals surface area contributed by atoms with E-state index in [1.54, 1.807) is 23.1 Å². The van der Waals surface area contributed by atoms with Crippen LogP contribution >= 0.6 is 34.4 Å². The second-order valence-corrected chi connectivity index (χ2v) is 6.81. The number of thioether (sulfide) groups is 1. The van der Waals surface area contributed by atoms with Gasteiger partial charge in [-0.15, -0.1) is 21.5 Å². The van der Waals surface area contributed by atoms with Crippen molar-refractivity contribution in [3.8, 4) is 9.88 Å². The Balaban J connectivity index is 2.44. The summed E-state index contributed by atoms with van der Waals surface area (Å²) in [6.45, 7) is 4.29. The first-order valence-electron chi connectivity index (χ1n) is 5.19. The van der Waals surface area contributed by atoms with E-state index in [9.17, 15) is 0 Å². The van der Waals surface area contributed by atoms with Crippen LogP contribution in [0.2, 0.25) is 0 Å². The predicted molar refractivity (Wildman–Crippen MR) is 76.7 cm³/mol. The second-order valence-electron chi connectivity index (χ2n) is 3.86. The molecule has 7 heteroatoms. The summed E-state index contributed by atoms with van der Waals surface area (Å²) >= 11 is 4.90. The van der Waals surface area contributed by atoms with Crippen molar-refractivity contribution in [2.45, 2.75) is 25.5 Å². The maximum absolute atomic E-state index is 5.63. The van der Waals surface area contributed by atoms with Crippen molar-refractivity contribution in [2.24, 2.45) is 0 Å². The van der Waals surface area contributed by atoms with E-state index in [0.29, 0.717) is 11.0 Å². The van der Waals surface area contributed by atoms with Gasteiger partial charge in [-0.3, -0.25) is 0 Å². The van der Waals surface area contributed by atoms with Gasteiger partial charge in [-0.2, -0.15) is 11.8 Å². The summed E-state index contributed by atoms with van der Waals surface area (Å²) in [5.74, 6) is 1.33. The van der Waals surface area contributed by atoms with Crippen LogP contribution in [-0.4, -0.2) is 21.4 Å². The quantitative estimate of drug-likeness (QED) is 0.934. The molecule has 0 unspecified atom stereocenters. The molecule has 2 aromatic rings. The number of hydrogen-bond acceptors (Lipinski definition) is 7. The molecule has 0 bridgehead atoms. The first-order chi connectivity index (χ1) is 8.11. The van der Waals surface area contributed by atoms with Crippen LogP contribution in [0.1, 0.15) is 30.5 Å². The predicted octanol–water partition coefficient (Wildman–Crippen LogP) is 3.23. The second kappa shape index (κ2) is 5.32. The van der Waals surface area contributed by atoms with E-state index in [-0.39, 0.29) is 0 Å². The Morgan fingerprint density at radius 1 is 1.29 bits per heavy atom. The third-order valence-electron chi connectivity index (χ3n) is 2.15. The van der Waals surface area contributed by atoms with Gasteiger partial charge in [-0.05, 0) is 12.2 Å². The first kappa shape index (κ1) is 12.8. The monoisotopic (exact) mass is 286 g/mol. The van der Waals surface area contributed by atoms with Gasteiger partial charge in [-0.1, -0.05) is 25.2 Å². The van der Waals surface area contributed by atoms with Crippen molar-refractivity contribution in [1.29, 1.82) is 0 Å². The number of thiazole rings is 1. The maximum Gasteiger partial charge on any atom is 0.203 e. The van der Waals surface area contributed by atoms with E-state index >= 15 is 0 Å². The fourth-order valence-corrected chi connectivity index (χ4v) is 4.04. The molecule has 0 spiro atoms. The largest absolute Gasteiger partial charge is 0.374 e. The molecule has 0 saturated heterocycles. The Kier molecular flexibility index (Phi) is 4.01. The Hall–Kier alpha value is -0.660. The fraction of sp³-hybridized carbons (Fsp3) is 0.500. The summed E-state index contributed by atoms with van der Waals surface area (Å²) in [7, 11) is 0. The molecule has 0 saturated carbocycles. The smallest absolute Gasteiger partial charge is 0.203 e. The van der Waals surface area contributed by atoms with Crippen molar-refractivity contribution >= 4 is 39.6 Å². The molecule has 2 heterocycles. The summed E-state index contributed by atoms with van der Waals surface area (Å²) in [6.07, 6.45) is 2.08. The van der Waals surface area contributed by atoms with Crippen molar-refractivity contribution in [2.75, 3.05) is 12.0 Å².